The molecule has 2 aromatic heterocycles. The molecule has 1 N–H and O–H groups in total. The second-order valence-corrected chi connectivity index (χ2v) is 4.89. The zero-order valence-electron chi connectivity index (χ0n) is 10.7. The zero-order valence-corrected chi connectivity index (χ0v) is 10.7. The third kappa shape index (κ3) is 2.85. The molecule has 3 rings (SSSR count). The van der Waals surface area contributed by atoms with Crippen LogP contribution in [0.5, 0.6) is 0 Å². The van der Waals surface area contributed by atoms with Gasteiger partial charge in [-0.2, -0.15) is 4.98 Å². The van der Waals surface area contributed by atoms with Crippen molar-refractivity contribution in [2.75, 3.05) is 19.7 Å². The molecule has 19 heavy (non-hydrogen) atoms. The average molecular weight is 263 g/mol. The summed E-state index contributed by atoms with van der Waals surface area (Å²) in [5, 5.41) is 12.9. The molecule has 1 saturated heterocycles. The summed E-state index contributed by atoms with van der Waals surface area (Å²) in [4.78, 5) is 6.60. The number of aliphatic hydroxyl groups excluding tert-OH is 1. The molecule has 6 nitrogen and oxygen atoms in total. The SMILES string of the molecule is OCCC1CCN(Cc2nc(-c3ccco3)no2)C1. The van der Waals surface area contributed by atoms with Crippen LogP contribution in [0, 0.1) is 5.92 Å². The van der Waals surface area contributed by atoms with Gasteiger partial charge in [0.05, 0.1) is 12.8 Å². The normalized spacial score (nSPS) is 20.2. The van der Waals surface area contributed by atoms with E-state index in [1.807, 2.05) is 6.07 Å². The largest absolute Gasteiger partial charge is 0.461 e. The summed E-state index contributed by atoms with van der Waals surface area (Å²) in [5.74, 6) is 2.30. The molecule has 0 bridgehead atoms. The van der Waals surface area contributed by atoms with E-state index in [0.717, 1.165) is 25.9 Å². The summed E-state index contributed by atoms with van der Waals surface area (Å²) in [6.45, 7) is 2.93. The molecule has 1 fully saturated rings. The molecule has 1 aliphatic rings. The number of aliphatic hydroxyl groups is 1. The summed E-state index contributed by atoms with van der Waals surface area (Å²) < 4.78 is 10.5. The third-order valence-corrected chi connectivity index (χ3v) is 3.48. The number of hydrogen-bond acceptors (Lipinski definition) is 6. The average Bonchev–Trinajstić information content (AvgIpc) is 3.10. The number of likely N-dealkylation sites (tertiary alicyclic amines) is 1. The molecule has 1 unspecified atom stereocenters. The first-order chi connectivity index (χ1) is 9.35. The van der Waals surface area contributed by atoms with E-state index in [2.05, 4.69) is 15.0 Å². The fraction of sp³-hybridized carbons (Fsp3) is 0.538. The van der Waals surface area contributed by atoms with Crippen LogP contribution >= 0.6 is 0 Å². The zero-order chi connectivity index (χ0) is 13.1. The van der Waals surface area contributed by atoms with Crippen molar-refractivity contribution in [3.8, 4) is 11.6 Å². The maximum Gasteiger partial charge on any atom is 0.241 e. The Hall–Kier alpha value is -1.66. The maximum absolute atomic E-state index is 8.94. The number of aromatic nitrogens is 2. The highest BCUT2D eigenvalue weighted by molar-refractivity contribution is 5.44. The molecular formula is C13H17N3O3. The van der Waals surface area contributed by atoms with Crippen molar-refractivity contribution < 1.29 is 14.0 Å². The summed E-state index contributed by atoms with van der Waals surface area (Å²) in [7, 11) is 0. The molecule has 0 spiro atoms. The number of furan rings is 1. The number of hydrogen-bond donors (Lipinski definition) is 1. The van der Waals surface area contributed by atoms with Gasteiger partial charge in [0.15, 0.2) is 5.76 Å². The van der Waals surface area contributed by atoms with Crippen LogP contribution < -0.4 is 0 Å². The smallest absolute Gasteiger partial charge is 0.241 e. The number of nitrogens with zero attached hydrogens (tertiary/aromatic N) is 3. The van der Waals surface area contributed by atoms with Crippen LogP contribution in [0.1, 0.15) is 18.7 Å². The predicted octanol–water partition coefficient (Wildman–Crippen LogP) is 1.53. The van der Waals surface area contributed by atoms with Gasteiger partial charge in [-0.3, -0.25) is 4.90 Å². The van der Waals surface area contributed by atoms with E-state index in [0.29, 0.717) is 29.9 Å². The lowest BCUT2D eigenvalue weighted by molar-refractivity contribution is 0.236. The minimum Gasteiger partial charge on any atom is -0.461 e. The molecule has 0 amide bonds. The fourth-order valence-corrected chi connectivity index (χ4v) is 2.49. The molecule has 0 aliphatic carbocycles. The van der Waals surface area contributed by atoms with Gasteiger partial charge in [0.1, 0.15) is 0 Å². The van der Waals surface area contributed by atoms with Crippen LogP contribution in [0.3, 0.4) is 0 Å². The minimum atomic E-state index is 0.266. The Balaban J connectivity index is 1.59. The van der Waals surface area contributed by atoms with Crippen LogP contribution in [0.25, 0.3) is 11.6 Å². The topological polar surface area (TPSA) is 75.5 Å². The molecule has 1 atom stereocenters. The molecule has 102 valence electrons. The fourth-order valence-electron chi connectivity index (χ4n) is 2.49. The van der Waals surface area contributed by atoms with E-state index < -0.39 is 0 Å². The van der Waals surface area contributed by atoms with Crippen molar-refractivity contribution >= 4 is 0 Å². The summed E-state index contributed by atoms with van der Waals surface area (Å²) in [5.41, 5.74) is 0. The summed E-state index contributed by atoms with van der Waals surface area (Å²) in [6, 6.07) is 3.60. The number of rotatable bonds is 5. The van der Waals surface area contributed by atoms with Crippen LogP contribution in [0.4, 0.5) is 0 Å². The Morgan fingerprint density at radius 1 is 1.47 bits per heavy atom. The van der Waals surface area contributed by atoms with Crippen molar-refractivity contribution in [1.29, 1.82) is 0 Å². The van der Waals surface area contributed by atoms with E-state index in [1.165, 1.54) is 0 Å². The van der Waals surface area contributed by atoms with Crippen LogP contribution in [0.2, 0.25) is 0 Å². The van der Waals surface area contributed by atoms with Gasteiger partial charge in [-0.1, -0.05) is 5.16 Å². The second kappa shape index (κ2) is 5.54. The predicted molar refractivity (Wildman–Crippen MR) is 67.1 cm³/mol. The Kier molecular flexibility index (Phi) is 3.61. The molecule has 0 saturated carbocycles. The second-order valence-electron chi connectivity index (χ2n) is 4.89. The van der Waals surface area contributed by atoms with E-state index in [4.69, 9.17) is 14.0 Å². The minimum absolute atomic E-state index is 0.266. The van der Waals surface area contributed by atoms with Crippen molar-refractivity contribution in [1.82, 2.24) is 15.0 Å². The van der Waals surface area contributed by atoms with Crippen molar-refractivity contribution in [3.63, 3.8) is 0 Å². The van der Waals surface area contributed by atoms with Gasteiger partial charge in [-0.15, -0.1) is 0 Å². The molecule has 0 aromatic carbocycles. The highest BCUT2D eigenvalue weighted by Crippen LogP contribution is 2.22. The monoisotopic (exact) mass is 263 g/mol. The van der Waals surface area contributed by atoms with E-state index in [9.17, 15) is 0 Å². The van der Waals surface area contributed by atoms with Gasteiger partial charge in [-0.05, 0) is 37.4 Å². The van der Waals surface area contributed by atoms with E-state index >= 15 is 0 Å². The standard InChI is InChI=1S/C13H17N3O3/c17-6-4-10-3-5-16(8-10)9-12-14-13(15-19-12)11-2-1-7-18-11/h1-2,7,10,17H,3-6,8-9H2. The first kappa shape index (κ1) is 12.4. The van der Waals surface area contributed by atoms with Gasteiger partial charge < -0.3 is 14.0 Å². The molecule has 2 aromatic rings. The molecule has 0 radical (unpaired) electrons. The molecular weight excluding hydrogens is 246 g/mol. The highest BCUT2D eigenvalue weighted by atomic mass is 16.5. The van der Waals surface area contributed by atoms with Crippen LogP contribution in [0.15, 0.2) is 27.3 Å². The Morgan fingerprint density at radius 2 is 2.42 bits per heavy atom. The molecule has 1 aliphatic heterocycles. The van der Waals surface area contributed by atoms with Crippen molar-refractivity contribution in [3.05, 3.63) is 24.3 Å². The maximum atomic E-state index is 8.94. The Bertz CT molecular complexity index is 509. The molecule has 6 heteroatoms. The first-order valence-electron chi connectivity index (χ1n) is 6.55. The Morgan fingerprint density at radius 3 is 3.21 bits per heavy atom. The quantitative estimate of drug-likeness (QED) is 0.881. The lowest BCUT2D eigenvalue weighted by Crippen LogP contribution is -2.20. The van der Waals surface area contributed by atoms with Crippen molar-refractivity contribution in [2.24, 2.45) is 5.92 Å². The molecule has 3 heterocycles. The van der Waals surface area contributed by atoms with E-state index in [1.54, 1.807) is 12.3 Å². The lowest BCUT2D eigenvalue weighted by atomic mass is 10.1. The van der Waals surface area contributed by atoms with Crippen LogP contribution in [-0.4, -0.2) is 39.8 Å². The van der Waals surface area contributed by atoms with Gasteiger partial charge >= 0.3 is 0 Å². The van der Waals surface area contributed by atoms with Gasteiger partial charge in [0, 0.05) is 13.2 Å². The van der Waals surface area contributed by atoms with Gasteiger partial charge in [-0.25, -0.2) is 0 Å². The van der Waals surface area contributed by atoms with Crippen molar-refractivity contribution in [2.45, 2.75) is 19.4 Å². The first-order valence-corrected chi connectivity index (χ1v) is 6.55. The highest BCUT2D eigenvalue weighted by Gasteiger charge is 2.23. The Labute approximate surface area is 111 Å². The summed E-state index contributed by atoms with van der Waals surface area (Å²) >= 11 is 0. The lowest BCUT2D eigenvalue weighted by Gasteiger charge is -2.12. The van der Waals surface area contributed by atoms with Gasteiger partial charge in [0.2, 0.25) is 11.7 Å². The van der Waals surface area contributed by atoms with E-state index in [-0.39, 0.29) is 6.61 Å². The summed E-state index contributed by atoms with van der Waals surface area (Å²) in [6.07, 6.45) is 3.59. The third-order valence-electron chi connectivity index (χ3n) is 3.48. The van der Waals surface area contributed by atoms with Gasteiger partial charge in [0.25, 0.3) is 0 Å². The van der Waals surface area contributed by atoms with Crippen LogP contribution in [-0.2, 0) is 6.54 Å².